The van der Waals surface area contributed by atoms with Gasteiger partial charge in [0.2, 0.25) is 0 Å². The van der Waals surface area contributed by atoms with E-state index in [9.17, 15) is 4.79 Å². The number of esters is 1. The molecule has 2 aromatic rings. The van der Waals surface area contributed by atoms with Gasteiger partial charge in [-0.1, -0.05) is 5.21 Å². The normalized spacial score (nSPS) is 11.1. The second-order valence-electron chi connectivity index (χ2n) is 5.06. The Morgan fingerprint density at radius 2 is 2.19 bits per heavy atom. The van der Waals surface area contributed by atoms with Gasteiger partial charge in [-0.2, -0.15) is 5.10 Å². The van der Waals surface area contributed by atoms with Gasteiger partial charge >= 0.3 is 5.97 Å². The van der Waals surface area contributed by atoms with Gasteiger partial charge < -0.3 is 9.64 Å². The molecule has 0 spiro atoms. The second-order valence-corrected chi connectivity index (χ2v) is 5.06. The van der Waals surface area contributed by atoms with Gasteiger partial charge in [0.15, 0.2) is 5.69 Å². The summed E-state index contributed by atoms with van der Waals surface area (Å²) in [6, 6.07) is 0. The van der Waals surface area contributed by atoms with Crippen LogP contribution in [0.3, 0.4) is 0 Å². The lowest BCUT2D eigenvalue weighted by atomic mass is 10.2. The lowest BCUT2D eigenvalue weighted by molar-refractivity contribution is 0.0595. The summed E-state index contributed by atoms with van der Waals surface area (Å²) in [6.07, 6.45) is 4.42. The maximum atomic E-state index is 11.8. The molecule has 2 aromatic heterocycles. The van der Waals surface area contributed by atoms with Crippen molar-refractivity contribution in [3.63, 3.8) is 0 Å². The highest BCUT2D eigenvalue weighted by atomic mass is 16.5. The average Bonchev–Trinajstić information content (AvgIpc) is 3.03. The van der Waals surface area contributed by atoms with Crippen molar-refractivity contribution in [2.75, 3.05) is 27.7 Å². The van der Waals surface area contributed by atoms with Gasteiger partial charge in [-0.25, -0.2) is 9.48 Å². The standard InChI is InChI=1S/C13H20N6O2/c1-17(2)6-5-7-19-12(10-8-14-18(3)9-10)11(15-16-19)13(20)21-4/h8-9H,5-7H2,1-4H3. The zero-order chi connectivity index (χ0) is 15.4. The molecule has 8 heteroatoms. The molecule has 0 fully saturated rings. The number of ether oxygens (including phenoxy) is 1. The Bertz CT molecular complexity index is 616. The summed E-state index contributed by atoms with van der Waals surface area (Å²) in [5.74, 6) is -0.493. The fourth-order valence-corrected chi connectivity index (χ4v) is 2.07. The quantitative estimate of drug-likeness (QED) is 0.718. The number of methoxy groups -OCH3 is 1. The average molecular weight is 292 g/mol. The number of aromatic nitrogens is 5. The van der Waals surface area contributed by atoms with E-state index in [1.54, 1.807) is 15.6 Å². The van der Waals surface area contributed by atoms with Crippen LogP contribution in [0.25, 0.3) is 11.3 Å². The molecule has 2 heterocycles. The van der Waals surface area contributed by atoms with E-state index in [2.05, 4.69) is 20.3 Å². The Labute approximate surface area is 123 Å². The molecule has 0 bridgehead atoms. The van der Waals surface area contributed by atoms with E-state index in [1.165, 1.54) is 7.11 Å². The third kappa shape index (κ3) is 3.46. The van der Waals surface area contributed by atoms with Crippen LogP contribution in [0.4, 0.5) is 0 Å². The minimum absolute atomic E-state index is 0.218. The topological polar surface area (TPSA) is 78.1 Å². The van der Waals surface area contributed by atoms with Crippen molar-refractivity contribution in [3.05, 3.63) is 18.1 Å². The summed E-state index contributed by atoms with van der Waals surface area (Å²) in [6.45, 7) is 1.60. The van der Waals surface area contributed by atoms with Crippen LogP contribution in [0.15, 0.2) is 12.4 Å². The first-order chi connectivity index (χ1) is 10.0. The van der Waals surface area contributed by atoms with E-state index in [4.69, 9.17) is 4.74 Å². The molecule has 0 amide bonds. The van der Waals surface area contributed by atoms with Crippen LogP contribution < -0.4 is 0 Å². The predicted octanol–water partition coefficient (Wildman–Crippen LogP) is 0.417. The molecule has 0 aliphatic rings. The molecule has 0 atom stereocenters. The van der Waals surface area contributed by atoms with Gasteiger partial charge in [-0.3, -0.25) is 4.68 Å². The molecule has 0 N–H and O–H groups in total. The van der Waals surface area contributed by atoms with Gasteiger partial charge in [-0.05, 0) is 27.1 Å². The summed E-state index contributed by atoms with van der Waals surface area (Å²) < 4.78 is 8.17. The minimum Gasteiger partial charge on any atom is -0.464 e. The smallest absolute Gasteiger partial charge is 0.360 e. The molecule has 0 unspecified atom stereocenters. The first-order valence-electron chi connectivity index (χ1n) is 6.68. The molecule has 0 aliphatic heterocycles. The zero-order valence-corrected chi connectivity index (χ0v) is 12.8. The van der Waals surface area contributed by atoms with Crippen LogP contribution in [0, 0.1) is 0 Å². The summed E-state index contributed by atoms with van der Waals surface area (Å²) in [4.78, 5) is 13.9. The summed E-state index contributed by atoms with van der Waals surface area (Å²) >= 11 is 0. The largest absolute Gasteiger partial charge is 0.464 e. The molecule has 0 radical (unpaired) electrons. The van der Waals surface area contributed by atoms with Gasteiger partial charge in [-0.15, -0.1) is 5.10 Å². The van der Waals surface area contributed by atoms with Crippen molar-refractivity contribution in [1.82, 2.24) is 29.7 Å². The zero-order valence-electron chi connectivity index (χ0n) is 12.8. The van der Waals surface area contributed by atoms with Gasteiger partial charge in [0.05, 0.1) is 13.3 Å². The maximum Gasteiger partial charge on any atom is 0.360 e. The van der Waals surface area contributed by atoms with Crippen molar-refractivity contribution in [1.29, 1.82) is 0 Å². The first kappa shape index (κ1) is 15.2. The predicted molar refractivity (Wildman–Crippen MR) is 76.7 cm³/mol. The Morgan fingerprint density at radius 1 is 1.43 bits per heavy atom. The Kier molecular flexibility index (Phi) is 4.69. The highest BCUT2D eigenvalue weighted by Gasteiger charge is 2.22. The van der Waals surface area contributed by atoms with Gasteiger partial charge in [0.1, 0.15) is 5.69 Å². The molecule has 114 valence electrons. The number of rotatable bonds is 6. The lowest BCUT2D eigenvalue weighted by Crippen LogP contribution is -2.16. The number of hydrogen-bond acceptors (Lipinski definition) is 6. The monoisotopic (exact) mass is 292 g/mol. The third-order valence-electron chi connectivity index (χ3n) is 3.07. The fourth-order valence-electron chi connectivity index (χ4n) is 2.07. The number of hydrogen-bond donors (Lipinski definition) is 0. The number of nitrogens with zero attached hydrogens (tertiary/aromatic N) is 6. The molecule has 0 aliphatic carbocycles. The summed E-state index contributed by atoms with van der Waals surface area (Å²) in [5, 5.41) is 12.2. The first-order valence-corrected chi connectivity index (χ1v) is 6.68. The number of aryl methyl sites for hydroxylation is 2. The maximum absolute atomic E-state index is 11.8. The third-order valence-corrected chi connectivity index (χ3v) is 3.07. The van der Waals surface area contributed by atoms with Crippen molar-refractivity contribution < 1.29 is 9.53 Å². The van der Waals surface area contributed by atoms with Crippen molar-refractivity contribution in [2.24, 2.45) is 7.05 Å². The van der Waals surface area contributed by atoms with E-state index in [0.717, 1.165) is 18.5 Å². The van der Waals surface area contributed by atoms with Crippen LogP contribution in [-0.4, -0.2) is 63.4 Å². The van der Waals surface area contributed by atoms with Crippen LogP contribution in [0.1, 0.15) is 16.9 Å². The summed E-state index contributed by atoms with van der Waals surface area (Å²) in [5.41, 5.74) is 1.66. The van der Waals surface area contributed by atoms with Gasteiger partial charge in [0.25, 0.3) is 0 Å². The van der Waals surface area contributed by atoms with E-state index in [1.807, 2.05) is 27.3 Å². The molecule has 0 aromatic carbocycles. The molecular formula is C13H20N6O2. The minimum atomic E-state index is -0.493. The van der Waals surface area contributed by atoms with Crippen LogP contribution in [0.5, 0.6) is 0 Å². The second kappa shape index (κ2) is 6.49. The SMILES string of the molecule is COC(=O)c1nnn(CCCN(C)C)c1-c1cnn(C)c1. The number of carbonyl (C=O) groups is 1. The van der Waals surface area contributed by atoms with Crippen molar-refractivity contribution in [2.45, 2.75) is 13.0 Å². The molecule has 21 heavy (non-hydrogen) atoms. The Balaban J connectivity index is 2.32. The molecule has 2 rings (SSSR count). The molecule has 8 nitrogen and oxygen atoms in total. The lowest BCUT2D eigenvalue weighted by Gasteiger charge is -2.10. The molecular weight excluding hydrogens is 272 g/mol. The van der Waals surface area contributed by atoms with Crippen LogP contribution in [0.2, 0.25) is 0 Å². The van der Waals surface area contributed by atoms with Gasteiger partial charge in [0, 0.05) is 25.4 Å². The van der Waals surface area contributed by atoms with E-state index in [0.29, 0.717) is 12.2 Å². The summed E-state index contributed by atoms with van der Waals surface area (Å²) in [7, 11) is 7.19. The molecule has 0 saturated carbocycles. The van der Waals surface area contributed by atoms with Crippen molar-refractivity contribution in [3.8, 4) is 11.3 Å². The Morgan fingerprint density at radius 3 is 2.76 bits per heavy atom. The fraction of sp³-hybridized carbons (Fsp3) is 0.538. The van der Waals surface area contributed by atoms with E-state index < -0.39 is 5.97 Å². The van der Waals surface area contributed by atoms with Crippen LogP contribution in [-0.2, 0) is 18.3 Å². The molecule has 0 saturated heterocycles. The highest BCUT2D eigenvalue weighted by molar-refractivity contribution is 5.93. The van der Waals surface area contributed by atoms with Crippen LogP contribution >= 0.6 is 0 Å². The van der Waals surface area contributed by atoms with Crippen molar-refractivity contribution >= 4 is 5.97 Å². The Hall–Kier alpha value is -2.22. The van der Waals surface area contributed by atoms with E-state index >= 15 is 0 Å². The van der Waals surface area contributed by atoms with E-state index in [-0.39, 0.29) is 5.69 Å². The highest BCUT2D eigenvalue weighted by Crippen LogP contribution is 2.22. The number of carbonyl (C=O) groups excluding carboxylic acids is 1.